The van der Waals surface area contributed by atoms with Crippen molar-refractivity contribution < 1.29 is 19.2 Å². The summed E-state index contributed by atoms with van der Waals surface area (Å²) in [5.74, 6) is -1.64. The minimum atomic E-state index is -0.931. The highest BCUT2D eigenvalue weighted by molar-refractivity contribution is 6.35. The molecular formula is C14H18N4O5. The van der Waals surface area contributed by atoms with Crippen LogP contribution < -0.4 is 15.5 Å². The van der Waals surface area contributed by atoms with Gasteiger partial charge >= 0.3 is 17.5 Å². The zero-order valence-electron chi connectivity index (χ0n) is 13.2. The molecule has 0 aliphatic rings. The van der Waals surface area contributed by atoms with Crippen molar-refractivity contribution >= 4 is 23.7 Å². The summed E-state index contributed by atoms with van der Waals surface area (Å²) in [5.41, 5.74) is 1.64. The van der Waals surface area contributed by atoms with Crippen LogP contribution in [0.1, 0.15) is 26.3 Å². The van der Waals surface area contributed by atoms with E-state index in [-0.39, 0.29) is 11.4 Å². The number of nitrogens with one attached hydrogen (secondary N) is 2. The van der Waals surface area contributed by atoms with Gasteiger partial charge in [-0.15, -0.1) is 0 Å². The molecule has 23 heavy (non-hydrogen) atoms. The van der Waals surface area contributed by atoms with Gasteiger partial charge < -0.3 is 10.1 Å². The number of hydrazone groups is 1. The molecule has 0 aromatic heterocycles. The topological polar surface area (TPSA) is 123 Å². The van der Waals surface area contributed by atoms with E-state index in [1.165, 1.54) is 31.5 Å². The van der Waals surface area contributed by atoms with Crippen molar-refractivity contribution in [1.82, 2.24) is 10.7 Å². The fraction of sp³-hybridized carbons (Fsp3) is 0.357. The van der Waals surface area contributed by atoms with E-state index in [1.807, 2.05) is 5.43 Å². The number of nitro groups is 1. The van der Waals surface area contributed by atoms with Crippen LogP contribution >= 0.6 is 0 Å². The second kappa shape index (κ2) is 7.34. The molecule has 1 rings (SSSR count). The van der Waals surface area contributed by atoms with Crippen LogP contribution in [0.2, 0.25) is 0 Å². The number of nitrogens with zero attached hydrogens (tertiary/aromatic N) is 2. The summed E-state index contributed by atoms with van der Waals surface area (Å²) in [5, 5.41) is 17.0. The van der Waals surface area contributed by atoms with Crippen molar-refractivity contribution in [3.8, 4) is 5.75 Å². The lowest BCUT2D eigenvalue weighted by Gasteiger charge is -2.19. The van der Waals surface area contributed by atoms with Crippen molar-refractivity contribution in [3.63, 3.8) is 0 Å². The normalized spacial score (nSPS) is 11.1. The number of ether oxygens (including phenoxy) is 1. The number of hydrogen-bond acceptors (Lipinski definition) is 6. The summed E-state index contributed by atoms with van der Waals surface area (Å²) in [6.45, 7) is 5.20. The quantitative estimate of drug-likeness (QED) is 0.370. The van der Waals surface area contributed by atoms with Crippen molar-refractivity contribution in [3.05, 3.63) is 33.9 Å². The Morgan fingerprint density at radius 2 is 1.96 bits per heavy atom. The van der Waals surface area contributed by atoms with E-state index in [2.05, 4.69) is 10.4 Å². The summed E-state index contributed by atoms with van der Waals surface area (Å²) < 4.78 is 4.87. The first-order valence-corrected chi connectivity index (χ1v) is 6.62. The van der Waals surface area contributed by atoms with Crippen LogP contribution in [0.5, 0.6) is 5.75 Å². The van der Waals surface area contributed by atoms with Gasteiger partial charge in [0.25, 0.3) is 0 Å². The molecule has 1 aromatic carbocycles. The van der Waals surface area contributed by atoms with E-state index in [1.54, 1.807) is 20.8 Å². The first-order valence-electron chi connectivity index (χ1n) is 6.62. The number of amides is 2. The average molecular weight is 322 g/mol. The summed E-state index contributed by atoms with van der Waals surface area (Å²) in [7, 11) is 1.32. The number of nitro benzene ring substituents is 1. The summed E-state index contributed by atoms with van der Waals surface area (Å²) in [6.07, 6.45) is 1.19. The SMILES string of the molecule is COc1ccc(/C=N\NC(=O)C(=O)NC(C)(C)C)cc1[N+](=O)[O-]. The van der Waals surface area contributed by atoms with E-state index >= 15 is 0 Å². The molecule has 0 heterocycles. The third-order valence-corrected chi connectivity index (χ3v) is 2.47. The van der Waals surface area contributed by atoms with Crippen molar-refractivity contribution in [2.75, 3.05) is 7.11 Å². The molecule has 0 unspecified atom stereocenters. The Bertz CT molecular complexity index is 649. The molecule has 9 nitrogen and oxygen atoms in total. The number of benzene rings is 1. The van der Waals surface area contributed by atoms with Gasteiger partial charge in [-0.3, -0.25) is 19.7 Å². The number of carbonyl (C=O) groups excluding carboxylic acids is 2. The van der Waals surface area contributed by atoms with Crippen molar-refractivity contribution in [2.24, 2.45) is 5.10 Å². The van der Waals surface area contributed by atoms with Crippen LogP contribution in [0.4, 0.5) is 5.69 Å². The van der Waals surface area contributed by atoms with Gasteiger partial charge in [-0.25, -0.2) is 5.43 Å². The van der Waals surface area contributed by atoms with Crippen LogP contribution in [0, 0.1) is 10.1 Å². The van der Waals surface area contributed by atoms with E-state index < -0.39 is 22.3 Å². The molecule has 2 N–H and O–H groups in total. The van der Waals surface area contributed by atoms with Gasteiger partial charge in [0.2, 0.25) is 0 Å². The van der Waals surface area contributed by atoms with Crippen LogP contribution in [0.15, 0.2) is 23.3 Å². The largest absolute Gasteiger partial charge is 0.490 e. The molecule has 0 radical (unpaired) electrons. The van der Waals surface area contributed by atoms with E-state index in [0.717, 1.165) is 0 Å². The maximum Gasteiger partial charge on any atom is 0.329 e. The molecular weight excluding hydrogens is 304 g/mol. The molecule has 0 saturated carbocycles. The lowest BCUT2D eigenvalue weighted by Crippen LogP contribution is -2.47. The second-order valence-corrected chi connectivity index (χ2v) is 5.59. The molecule has 124 valence electrons. The Morgan fingerprint density at radius 1 is 1.30 bits per heavy atom. The predicted octanol–water partition coefficient (Wildman–Crippen LogP) is 0.968. The Balaban J connectivity index is 2.75. The first kappa shape index (κ1) is 18.1. The molecule has 2 amide bonds. The number of hydrogen-bond donors (Lipinski definition) is 2. The molecule has 0 fully saturated rings. The number of rotatable bonds is 4. The Hall–Kier alpha value is -2.97. The van der Waals surface area contributed by atoms with Gasteiger partial charge in [0.1, 0.15) is 0 Å². The Labute approximate surface area is 132 Å². The van der Waals surface area contributed by atoms with Gasteiger partial charge in [0, 0.05) is 17.2 Å². The molecule has 0 bridgehead atoms. The van der Waals surface area contributed by atoms with Gasteiger partial charge in [0.05, 0.1) is 18.2 Å². The fourth-order valence-electron chi connectivity index (χ4n) is 1.54. The molecule has 0 saturated heterocycles. The molecule has 0 atom stereocenters. The highest BCUT2D eigenvalue weighted by Crippen LogP contribution is 2.26. The van der Waals surface area contributed by atoms with Crippen LogP contribution in [0.25, 0.3) is 0 Å². The van der Waals surface area contributed by atoms with Gasteiger partial charge in [0.15, 0.2) is 5.75 Å². The van der Waals surface area contributed by atoms with Crippen LogP contribution in [-0.4, -0.2) is 35.6 Å². The summed E-state index contributed by atoms with van der Waals surface area (Å²) >= 11 is 0. The molecule has 9 heteroatoms. The van der Waals surface area contributed by atoms with Gasteiger partial charge in [-0.1, -0.05) is 0 Å². The minimum Gasteiger partial charge on any atom is -0.490 e. The highest BCUT2D eigenvalue weighted by atomic mass is 16.6. The molecule has 1 aromatic rings. The maximum atomic E-state index is 11.5. The summed E-state index contributed by atoms with van der Waals surface area (Å²) in [4.78, 5) is 33.4. The second-order valence-electron chi connectivity index (χ2n) is 5.59. The third-order valence-electron chi connectivity index (χ3n) is 2.47. The van der Waals surface area contributed by atoms with E-state index in [0.29, 0.717) is 5.56 Å². The lowest BCUT2D eigenvalue weighted by atomic mass is 10.1. The van der Waals surface area contributed by atoms with E-state index in [4.69, 9.17) is 4.74 Å². The number of carbonyl (C=O) groups is 2. The molecule has 0 aliphatic carbocycles. The first-order chi connectivity index (χ1) is 10.6. The lowest BCUT2D eigenvalue weighted by molar-refractivity contribution is -0.385. The third kappa shape index (κ3) is 5.73. The van der Waals surface area contributed by atoms with Crippen LogP contribution in [-0.2, 0) is 9.59 Å². The molecule has 0 aliphatic heterocycles. The zero-order valence-corrected chi connectivity index (χ0v) is 13.2. The van der Waals surface area contributed by atoms with E-state index in [9.17, 15) is 19.7 Å². The van der Waals surface area contributed by atoms with Crippen LogP contribution in [0.3, 0.4) is 0 Å². The Morgan fingerprint density at radius 3 is 2.48 bits per heavy atom. The van der Waals surface area contributed by atoms with Crippen molar-refractivity contribution in [2.45, 2.75) is 26.3 Å². The number of methoxy groups -OCH3 is 1. The molecule has 0 spiro atoms. The fourth-order valence-corrected chi connectivity index (χ4v) is 1.54. The highest BCUT2D eigenvalue weighted by Gasteiger charge is 2.19. The standard InChI is InChI=1S/C14H18N4O5/c1-14(2,3)16-12(19)13(20)17-15-8-9-5-6-11(23-4)10(7-9)18(21)22/h5-8H,1-4H3,(H,16,19)(H,17,20)/b15-8-. The van der Waals surface area contributed by atoms with Gasteiger partial charge in [-0.2, -0.15) is 5.10 Å². The monoisotopic (exact) mass is 322 g/mol. The van der Waals surface area contributed by atoms with Crippen molar-refractivity contribution in [1.29, 1.82) is 0 Å². The Kier molecular flexibility index (Phi) is 5.77. The smallest absolute Gasteiger partial charge is 0.329 e. The summed E-state index contributed by atoms with van der Waals surface area (Å²) in [6, 6.07) is 4.17. The predicted molar refractivity (Wildman–Crippen MR) is 83.3 cm³/mol. The average Bonchev–Trinajstić information content (AvgIpc) is 2.45. The minimum absolute atomic E-state index is 0.112. The maximum absolute atomic E-state index is 11.5. The van der Waals surface area contributed by atoms with Gasteiger partial charge in [-0.05, 0) is 32.9 Å². The zero-order chi connectivity index (χ0) is 17.6.